The topological polar surface area (TPSA) is 104 Å². The largest absolute Gasteiger partial charge is 0.326 e. The molecular weight excluding hydrogens is 380 g/mol. The number of aromatic nitrogens is 2. The van der Waals surface area contributed by atoms with Gasteiger partial charge >= 0.3 is 0 Å². The summed E-state index contributed by atoms with van der Waals surface area (Å²) in [7, 11) is 0. The number of aryl methyl sites for hydroxylation is 1. The molecule has 3 rings (SSSR count). The highest BCUT2D eigenvalue weighted by Crippen LogP contribution is 2.19. The van der Waals surface area contributed by atoms with Gasteiger partial charge < -0.3 is 15.6 Å². The molecule has 0 saturated heterocycles. The van der Waals surface area contributed by atoms with Crippen LogP contribution in [-0.4, -0.2) is 21.8 Å². The van der Waals surface area contributed by atoms with E-state index in [0.717, 1.165) is 5.56 Å². The summed E-state index contributed by atoms with van der Waals surface area (Å²) in [6.45, 7) is 3.38. The van der Waals surface area contributed by atoms with E-state index < -0.39 is 0 Å². The van der Waals surface area contributed by atoms with Crippen molar-refractivity contribution in [3.05, 3.63) is 82.3 Å². The second-order valence-corrected chi connectivity index (χ2v) is 6.65. The van der Waals surface area contributed by atoms with Crippen molar-refractivity contribution in [2.75, 3.05) is 10.6 Å². The number of nitrogens with zero attached hydrogens (tertiary/aromatic N) is 1. The zero-order valence-electron chi connectivity index (χ0n) is 16.7. The molecule has 7 nitrogen and oxygen atoms in total. The van der Waals surface area contributed by atoms with Crippen LogP contribution in [0, 0.1) is 0 Å². The van der Waals surface area contributed by atoms with Crippen LogP contribution in [0.3, 0.4) is 0 Å². The highest BCUT2D eigenvalue weighted by Gasteiger charge is 2.06. The molecule has 0 aliphatic heterocycles. The number of anilines is 2. The molecule has 0 aliphatic carbocycles. The molecular formula is C23H22N4O3. The molecule has 2 aromatic carbocycles. The summed E-state index contributed by atoms with van der Waals surface area (Å²) in [6, 6.07) is 15.7. The fraction of sp³-hybridized carbons (Fsp3) is 0.130. The Hall–Kier alpha value is -4.00. The first-order chi connectivity index (χ1) is 14.4. The Bertz CT molecular complexity index is 1150. The van der Waals surface area contributed by atoms with Crippen LogP contribution in [0.4, 0.5) is 11.4 Å². The van der Waals surface area contributed by atoms with Crippen molar-refractivity contribution >= 4 is 29.3 Å². The predicted molar refractivity (Wildman–Crippen MR) is 118 cm³/mol. The second-order valence-electron chi connectivity index (χ2n) is 6.65. The van der Waals surface area contributed by atoms with Gasteiger partial charge in [-0.2, -0.15) is 0 Å². The molecule has 7 heteroatoms. The van der Waals surface area contributed by atoms with E-state index >= 15 is 0 Å². The van der Waals surface area contributed by atoms with Crippen LogP contribution < -0.4 is 16.2 Å². The Balaban J connectivity index is 1.69. The Morgan fingerprint density at radius 1 is 1.03 bits per heavy atom. The standard InChI is InChI=1S/C23H22N4O3/c1-3-18-14-22(30)27-23(26-18)17-5-4-6-20(13-17)25-21(29)12-9-16-7-10-19(11-8-16)24-15(2)28/h4-14H,3H2,1-2H3,(H,24,28)(H,25,29)(H,26,27,30). The van der Waals surface area contributed by atoms with Gasteiger partial charge in [-0.15, -0.1) is 0 Å². The Labute approximate surface area is 173 Å². The molecule has 30 heavy (non-hydrogen) atoms. The van der Waals surface area contributed by atoms with Crippen molar-refractivity contribution in [1.82, 2.24) is 9.97 Å². The fourth-order valence-electron chi connectivity index (χ4n) is 2.81. The molecule has 0 spiro atoms. The maximum Gasteiger partial charge on any atom is 0.251 e. The predicted octanol–water partition coefficient (Wildman–Crippen LogP) is 3.61. The summed E-state index contributed by atoms with van der Waals surface area (Å²) in [6.07, 6.45) is 3.77. The zero-order valence-corrected chi connectivity index (χ0v) is 16.7. The van der Waals surface area contributed by atoms with Gasteiger partial charge in [-0.05, 0) is 42.3 Å². The summed E-state index contributed by atoms with van der Waals surface area (Å²) in [4.78, 5) is 42.3. The molecule has 3 N–H and O–H groups in total. The van der Waals surface area contributed by atoms with E-state index in [-0.39, 0.29) is 17.4 Å². The van der Waals surface area contributed by atoms with E-state index in [1.165, 1.54) is 19.1 Å². The number of rotatable bonds is 6. The Kier molecular flexibility index (Phi) is 6.54. The van der Waals surface area contributed by atoms with Crippen LogP contribution in [0.5, 0.6) is 0 Å². The quantitative estimate of drug-likeness (QED) is 0.548. The lowest BCUT2D eigenvalue weighted by Gasteiger charge is -2.07. The average molecular weight is 402 g/mol. The number of amides is 2. The molecule has 0 saturated carbocycles. The van der Waals surface area contributed by atoms with Crippen LogP contribution in [-0.2, 0) is 16.0 Å². The maximum atomic E-state index is 12.3. The van der Waals surface area contributed by atoms with Crippen molar-refractivity contribution in [3.63, 3.8) is 0 Å². The van der Waals surface area contributed by atoms with Crippen LogP contribution in [0.15, 0.2) is 65.5 Å². The van der Waals surface area contributed by atoms with Gasteiger partial charge in [0.1, 0.15) is 5.82 Å². The normalized spacial score (nSPS) is 10.7. The third-order valence-electron chi connectivity index (χ3n) is 4.22. The summed E-state index contributed by atoms with van der Waals surface area (Å²) in [5, 5.41) is 5.49. The smallest absolute Gasteiger partial charge is 0.251 e. The lowest BCUT2D eigenvalue weighted by atomic mass is 10.1. The maximum absolute atomic E-state index is 12.3. The van der Waals surface area contributed by atoms with E-state index in [2.05, 4.69) is 20.6 Å². The van der Waals surface area contributed by atoms with E-state index in [1.54, 1.807) is 48.5 Å². The molecule has 0 atom stereocenters. The third-order valence-corrected chi connectivity index (χ3v) is 4.22. The Morgan fingerprint density at radius 3 is 2.50 bits per heavy atom. The van der Waals surface area contributed by atoms with Gasteiger partial charge in [0.2, 0.25) is 11.8 Å². The van der Waals surface area contributed by atoms with Gasteiger partial charge in [-0.25, -0.2) is 4.98 Å². The van der Waals surface area contributed by atoms with Gasteiger partial charge in [0.15, 0.2) is 0 Å². The number of hydrogen-bond donors (Lipinski definition) is 3. The molecule has 0 unspecified atom stereocenters. The molecule has 0 radical (unpaired) electrons. The van der Waals surface area contributed by atoms with Gasteiger partial charge in [0, 0.05) is 41.7 Å². The van der Waals surface area contributed by atoms with E-state index in [9.17, 15) is 14.4 Å². The highest BCUT2D eigenvalue weighted by molar-refractivity contribution is 6.02. The average Bonchev–Trinajstić information content (AvgIpc) is 2.72. The highest BCUT2D eigenvalue weighted by atomic mass is 16.2. The number of aromatic amines is 1. The number of carbonyl (C=O) groups is 2. The Morgan fingerprint density at radius 2 is 1.80 bits per heavy atom. The number of nitrogens with one attached hydrogen (secondary N) is 3. The summed E-state index contributed by atoms with van der Waals surface area (Å²) < 4.78 is 0. The van der Waals surface area contributed by atoms with Crippen LogP contribution >= 0.6 is 0 Å². The first-order valence-electron chi connectivity index (χ1n) is 9.50. The fourth-order valence-corrected chi connectivity index (χ4v) is 2.81. The molecule has 0 fully saturated rings. The summed E-state index contributed by atoms with van der Waals surface area (Å²) in [5.41, 5.74) is 3.31. The lowest BCUT2D eigenvalue weighted by Crippen LogP contribution is -2.10. The molecule has 2 amide bonds. The van der Waals surface area contributed by atoms with Gasteiger partial charge in [0.05, 0.1) is 0 Å². The monoisotopic (exact) mass is 402 g/mol. The van der Waals surface area contributed by atoms with Gasteiger partial charge in [-0.1, -0.05) is 31.2 Å². The number of H-pyrrole nitrogens is 1. The minimum absolute atomic E-state index is 0.138. The summed E-state index contributed by atoms with van der Waals surface area (Å²) in [5.74, 6) is 0.0349. The number of benzene rings is 2. The summed E-state index contributed by atoms with van der Waals surface area (Å²) >= 11 is 0. The SMILES string of the molecule is CCc1cc(=O)[nH]c(-c2cccc(NC(=O)C=Cc3ccc(NC(C)=O)cc3)c2)n1. The van der Waals surface area contributed by atoms with Crippen molar-refractivity contribution in [2.24, 2.45) is 0 Å². The van der Waals surface area contributed by atoms with Gasteiger partial charge in [-0.3, -0.25) is 14.4 Å². The van der Waals surface area contributed by atoms with Crippen LogP contribution in [0.2, 0.25) is 0 Å². The van der Waals surface area contributed by atoms with Crippen molar-refractivity contribution in [1.29, 1.82) is 0 Å². The first kappa shape index (κ1) is 20.7. The minimum atomic E-state index is -0.290. The minimum Gasteiger partial charge on any atom is -0.326 e. The van der Waals surface area contributed by atoms with E-state index in [1.807, 2.05) is 13.0 Å². The molecule has 0 aliphatic rings. The zero-order chi connectivity index (χ0) is 21.5. The number of carbonyl (C=O) groups excluding carboxylic acids is 2. The molecule has 1 heterocycles. The number of hydrogen-bond acceptors (Lipinski definition) is 4. The van der Waals surface area contributed by atoms with E-state index in [4.69, 9.17) is 0 Å². The molecule has 3 aromatic rings. The molecule has 1 aromatic heterocycles. The van der Waals surface area contributed by atoms with E-state index in [0.29, 0.717) is 34.9 Å². The third kappa shape index (κ3) is 5.75. The van der Waals surface area contributed by atoms with Crippen molar-refractivity contribution < 1.29 is 9.59 Å². The van der Waals surface area contributed by atoms with Crippen molar-refractivity contribution in [2.45, 2.75) is 20.3 Å². The van der Waals surface area contributed by atoms with Crippen molar-refractivity contribution in [3.8, 4) is 11.4 Å². The molecule has 152 valence electrons. The van der Waals surface area contributed by atoms with Gasteiger partial charge in [0.25, 0.3) is 5.56 Å². The lowest BCUT2D eigenvalue weighted by molar-refractivity contribution is -0.114. The van der Waals surface area contributed by atoms with Crippen LogP contribution in [0.1, 0.15) is 25.1 Å². The first-order valence-corrected chi connectivity index (χ1v) is 9.50. The second kappa shape index (κ2) is 9.47. The van der Waals surface area contributed by atoms with Crippen LogP contribution in [0.25, 0.3) is 17.5 Å². The molecule has 0 bridgehead atoms.